The van der Waals surface area contributed by atoms with Gasteiger partial charge in [0, 0.05) is 12.7 Å². The number of halogens is 2. The highest BCUT2D eigenvalue weighted by molar-refractivity contribution is 7.89. The molecule has 1 N–H and O–H groups in total. The van der Waals surface area contributed by atoms with Gasteiger partial charge in [0.05, 0.1) is 21.5 Å². The maximum absolute atomic E-state index is 12.6. The minimum atomic E-state index is -3.86. The van der Waals surface area contributed by atoms with Crippen molar-refractivity contribution in [2.75, 3.05) is 18.9 Å². The Kier molecular flexibility index (Phi) is 6.11. The first kappa shape index (κ1) is 19.7. The molecule has 0 aliphatic rings. The molecule has 0 spiro atoms. The molecule has 1 amide bonds. The van der Waals surface area contributed by atoms with Gasteiger partial charge in [-0.2, -0.15) is 4.31 Å². The van der Waals surface area contributed by atoms with Gasteiger partial charge in [-0.1, -0.05) is 41.4 Å². The fourth-order valence-corrected chi connectivity index (χ4v) is 3.81. The molecule has 0 radical (unpaired) electrons. The minimum absolute atomic E-state index is 0.0238. The highest BCUT2D eigenvalue weighted by Crippen LogP contribution is 2.26. The predicted octanol–water partition coefficient (Wildman–Crippen LogP) is 3.87. The molecule has 0 atom stereocenters. The molecule has 2 rings (SSSR count). The molecule has 0 bridgehead atoms. The van der Waals surface area contributed by atoms with Crippen LogP contribution in [0.15, 0.2) is 41.3 Å². The lowest BCUT2D eigenvalue weighted by atomic mass is 10.1. The number of rotatable bonds is 5. The fraction of sp³-hybridized carbons (Fsp3) is 0.235. The van der Waals surface area contributed by atoms with Crippen molar-refractivity contribution in [1.29, 1.82) is 0 Å². The van der Waals surface area contributed by atoms with Crippen LogP contribution in [-0.2, 0) is 14.8 Å². The van der Waals surface area contributed by atoms with E-state index in [1.807, 2.05) is 32.0 Å². The van der Waals surface area contributed by atoms with Gasteiger partial charge in [0.2, 0.25) is 15.9 Å². The lowest BCUT2D eigenvalue weighted by Crippen LogP contribution is -2.35. The van der Waals surface area contributed by atoms with Gasteiger partial charge in [-0.05, 0) is 43.2 Å². The van der Waals surface area contributed by atoms with Gasteiger partial charge < -0.3 is 5.32 Å². The van der Waals surface area contributed by atoms with E-state index in [0.29, 0.717) is 5.69 Å². The zero-order valence-electron chi connectivity index (χ0n) is 14.0. The summed E-state index contributed by atoms with van der Waals surface area (Å²) in [6.45, 7) is 3.42. The van der Waals surface area contributed by atoms with Crippen LogP contribution >= 0.6 is 23.2 Å². The van der Waals surface area contributed by atoms with Crippen LogP contribution in [-0.4, -0.2) is 32.2 Å². The summed E-state index contributed by atoms with van der Waals surface area (Å²) in [5, 5.41) is 3.16. The standard InChI is InChI=1S/C17H18Cl2N2O3S/c1-11-5-4-6-12(2)17(11)20-16(22)10-21(3)25(23,24)13-7-8-14(18)15(19)9-13/h4-9H,10H2,1-3H3,(H,20,22). The summed E-state index contributed by atoms with van der Waals surface area (Å²) >= 11 is 11.7. The zero-order chi connectivity index (χ0) is 18.8. The summed E-state index contributed by atoms with van der Waals surface area (Å²) in [6, 6.07) is 9.66. The van der Waals surface area contributed by atoms with E-state index in [0.717, 1.165) is 15.4 Å². The molecule has 5 nitrogen and oxygen atoms in total. The largest absolute Gasteiger partial charge is 0.324 e. The Hall–Kier alpha value is -1.60. The van der Waals surface area contributed by atoms with Gasteiger partial charge >= 0.3 is 0 Å². The van der Waals surface area contributed by atoms with Crippen molar-refractivity contribution in [3.05, 3.63) is 57.6 Å². The SMILES string of the molecule is Cc1cccc(C)c1NC(=O)CN(C)S(=O)(=O)c1ccc(Cl)c(Cl)c1. The number of carbonyl (C=O) groups excluding carboxylic acids is 1. The monoisotopic (exact) mass is 400 g/mol. The van der Waals surface area contributed by atoms with Crippen molar-refractivity contribution in [2.24, 2.45) is 0 Å². The second-order valence-corrected chi connectivity index (χ2v) is 8.51. The summed E-state index contributed by atoms with van der Waals surface area (Å²) in [7, 11) is -2.52. The van der Waals surface area contributed by atoms with E-state index in [9.17, 15) is 13.2 Å². The molecule has 0 unspecified atom stereocenters. The zero-order valence-corrected chi connectivity index (χ0v) is 16.3. The fourth-order valence-electron chi connectivity index (χ4n) is 2.30. The summed E-state index contributed by atoms with van der Waals surface area (Å²) < 4.78 is 26.1. The summed E-state index contributed by atoms with van der Waals surface area (Å²) in [5.41, 5.74) is 2.50. The highest BCUT2D eigenvalue weighted by atomic mass is 35.5. The Labute approximate surface area is 157 Å². The molecule has 0 aliphatic heterocycles. The number of hydrogen-bond donors (Lipinski definition) is 1. The molecule has 2 aromatic carbocycles. The third kappa shape index (κ3) is 4.52. The number of amides is 1. The predicted molar refractivity (Wildman–Crippen MR) is 101 cm³/mol. The average Bonchev–Trinajstić information content (AvgIpc) is 2.53. The summed E-state index contributed by atoms with van der Waals surface area (Å²) in [5.74, 6) is -0.427. The first-order valence-corrected chi connectivity index (χ1v) is 9.60. The van der Waals surface area contributed by atoms with Crippen LogP contribution in [0.4, 0.5) is 5.69 Å². The van der Waals surface area contributed by atoms with Gasteiger partial charge in [-0.3, -0.25) is 4.79 Å². The van der Waals surface area contributed by atoms with Crippen LogP contribution in [0, 0.1) is 13.8 Å². The van der Waals surface area contributed by atoms with E-state index in [-0.39, 0.29) is 21.5 Å². The molecule has 134 valence electrons. The molecule has 8 heteroatoms. The first-order chi connectivity index (χ1) is 11.6. The van der Waals surface area contributed by atoms with Crippen LogP contribution in [0.1, 0.15) is 11.1 Å². The number of sulfonamides is 1. The molecule has 0 saturated carbocycles. The molecule has 0 fully saturated rings. The Morgan fingerprint density at radius 1 is 1.08 bits per heavy atom. The molecular formula is C17H18Cl2N2O3S. The van der Waals surface area contributed by atoms with Crippen molar-refractivity contribution in [3.8, 4) is 0 Å². The van der Waals surface area contributed by atoms with Crippen LogP contribution < -0.4 is 5.32 Å². The number of para-hydroxylation sites is 1. The number of nitrogens with zero attached hydrogens (tertiary/aromatic N) is 1. The van der Waals surface area contributed by atoms with E-state index in [1.54, 1.807) is 0 Å². The van der Waals surface area contributed by atoms with Crippen molar-refractivity contribution in [2.45, 2.75) is 18.7 Å². The number of anilines is 1. The number of nitrogens with one attached hydrogen (secondary N) is 1. The van der Waals surface area contributed by atoms with Crippen LogP contribution in [0.5, 0.6) is 0 Å². The van der Waals surface area contributed by atoms with Crippen molar-refractivity contribution in [1.82, 2.24) is 4.31 Å². The first-order valence-electron chi connectivity index (χ1n) is 7.40. The summed E-state index contributed by atoms with van der Waals surface area (Å²) in [6.07, 6.45) is 0. The van der Waals surface area contributed by atoms with Crippen LogP contribution in [0.25, 0.3) is 0 Å². The van der Waals surface area contributed by atoms with E-state index >= 15 is 0 Å². The van der Waals surface area contributed by atoms with Crippen molar-refractivity contribution in [3.63, 3.8) is 0 Å². The van der Waals surface area contributed by atoms with Crippen LogP contribution in [0.2, 0.25) is 10.0 Å². The van der Waals surface area contributed by atoms with Gasteiger partial charge in [-0.15, -0.1) is 0 Å². The lowest BCUT2D eigenvalue weighted by Gasteiger charge is -2.18. The van der Waals surface area contributed by atoms with E-state index < -0.39 is 15.9 Å². The summed E-state index contributed by atoms with van der Waals surface area (Å²) in [4.78, 5) is 12.2. The second-order valence-electron chi connectivity index (χ2n) is 5.65. The molecular weight excluding hydrogens is 383 g/mol. The number of hydrogen-bond acceptors (Lipinski definition) is 3. The third-order valence-electron chi connectivity index (χ3n) is 3.71. The molecule has 0 saturated heterocycles. The minimum Gasteiger partial charge on any atom is -0.324 e. The van der Waals surface area contributed by atoms with Crippen LogP contribution in [0.3, 0.4) is 0 Å². The number of aryl methyl sites for hydroxylation is 2. The van der Waals surface area contributed by atoms with E-state index in [2.05, 4.69) is 5.32 Å². The quantitative estimate of drug-likeness (QED) is 0.827. The van der Waals surface area contributed by atoms with E-state index in [4.69, 9.17) is 23.2 Å². The van der Waals surface area contributed by atoms with E-state index in [1.165, 1.54) is 25.2 Å². The topological polar surface area (TPSA) is 66.5 Å². The molecule has 0 heterocycles. The van der Waals surface area contributed by atoms with Gasteiger partial charge in [0.15, 0.2) is 0 Å². The molecule has 0 aromatic heterocycles. The third-order valence-corrected chi connectivity index (χ3v) is 6.25. The average molecular weight is 401 g/mol. The van der Waals surface area contributed by atoms with Gasteiger partial charge in [0.1, 0.15) is 0 Å². The Bertz CT molecular complexity index is 894. The molecule has 0 aliphatic carbocycles. The molecule has 2 aromatic rings. The number of likely N-dealkylation sites (N-methyl/N-ethyl adjacent to an activating group) is 1. The Balaban J connectivity index is 2.16. The van der Waals surface area contributed by atoms with Crippen molar-refractivity contribution < 1.29 is 13.2 Å². The Morgan fingerprint density at radius 3 is 2.24 bits per heavy atom. The van der Waals surface area contributed by atoms with Crippen molar-refractivity contribution >= 4 is 44.8 Å². The normalized spacial score (nSPS) is 11.6. The number of benzene rings is 2. The number of carbonyl (C=O) groups is 1. The smallest absolute Gasteiger partial charge is 0.243 e. The highest BCUT2D eigenvalue weighted by Gasteiger charge is 2.24. The van der Waals surface area contributed by atoms with Gasteiger partial charge in [-0.25, -0.2) is 8.42 Å². The molecule has 25 heavy (non-hydrogen) atoms. The Morgan fingerprint density at radius 2 is 1.68 bits per heavy atom. The van der Waals surface area contributed by atoms with Gasteiger partial charge in [0.25, 0.3) is 0 Å². The maximum atomic E-state index is 12.6. The maximum Gasteiger partial charge on any atom is 0.243 e. The lowest BCUT2D eigenvalue weighted by molar-refractivity contribution is -0.116. The second kappa shape index (κ2) is 7.74.